The van der Waals surface area contributed by atoms with Crippen LogP contribution in [-0.4, -0.2) is 19.0 Å². The van der Waals surface area contributed by atoms with Crippen molar-refractivity contribution >= 4 is 5.78 Å². The summed E-state index contributed by atoms with van der Waals surface area (Å²) in [6.07, 6.45) is 5.62. The monoisotopic (exact) mass is 168 g/mol. The third-order valence-corrected chi connectivity index (χ3v) is 3.44. The largest absolute Gasteiger partial charge is 0.373 e. The van der Waals surface area contributed by atoms with Gasteiger partial charge in [0, 0.05) is 13.5 Å². The van der Waals surface area contributed by atoms with E-state index >= 15 is 0 Å². The Labute approximate surface area is 73.3 Å². The molecule has 0 heterocycles. The maximum Gasteiger partial charge on any atom is 0.161 e. The van der Waals surface area contributed by atoms with Gasteiger partial charge < -0.3 is 4.74 Å². The van der Waals surface area contributed by atoms with Gasteiger partial charge in [-0.1, -0.05) is 12.8 Å². The lowest BCUT2D eigenvalue weighted by atomic mass is 9.79. The van der Waals surface area contributed by atoms with Crippen molar-refractivity contribution in [3.05, 3.63) is 0 Å². The molecule has 0 bridgehead atoms. The number of carbonyl (C=O) groups excluding carboxylic acids is 1. The molecule has 0 aromatic heterocycles. The number of carbonyl (C=O) groups is 1. The summed E-state index contributed by atoms with van der Waals surface area (Å²) in [6, 6.07) is 0. The fraction of sp³-hybridized carbons (Fsp3) is 0.900. The summed E-state index contributed by atoms with van der Waals surface area (Å²) < 4.78 is 5.27. The number of methoxy groups -OCH3 is 1. The molecule has 68 valence electrons. The van der Waals surface area contributed by atoms with Crippen molar-refractivity contribution in [2.75, 3.05) is 7.11 Å². The van der Waals surface area contributed by atoms with Gasteiger partial charge in [0.2, 0.25) is 0 Å². The van der Waals surface area contributed by atoms with Gasteiger partial charge in [-0.05, 0) is 24.7 Å². The van der Waals surface area contributed by atoms with Crippen molar-refractivity contribution in [1.82, 2.24) is 0 Å². The van der Waals surface area contributed by atoms with E-state index in [0.29, 0.717) is 11.7 Å². The molecule has 2 aliphatic carbocycles. The van der Waals surface area contributed by atoms with Crippen LogP contribution in [0, 0.1) is 11.8 Å². The Bertz CT molecular complexity index is 188. The molecule has 0 aromatic rings. The van der Waals surface area contributed by atoms with E-state index in [2.05, 4.69) is 0 Å². The van der Waals surface area contributed by atoms with Crippen LogP contribution < -0.4 is 0 Å². The molecule has 2 aliphatic rings. The Kier molecular flexibility index (Phi) is 2.18. The van der Waals surface area contributed by atoms with E-state index in [1.54, 1.807) is 7.11 Å². The van der Waals surface area contributed by atoms with Crippen LogP contribution in [0.5, 0.6) is 0 Å². The molecule has 3 atom stereocenters. The lowest BCUT2D eigenvalue weighted by Crippen LogP contribution is -2.38. The SMILES string of the molecule is CO[C@@H]1C(=O)CC[C@H]2CCC[C@H]21. The number of hydrogen-bond acceptors (Lipinski definition) is 2. The van der Waals surface area contributed by atoms with Crippen LogP contribution in [-0.2, 0) is 9.53 Å². The first kappa shape index (κ1) is 8.24. The van der Waals surface area contributed by atoms with Gasteiger partial charge in [0.25, 0.3) is 0 Å². The van der Waals surface area contributed by atoms with Crippen molar-refractivity contribution in [2.24, 2.45) is 11.8 Å². The van der Waals surface area contributed by atoms with Crippen LogP contribution in [0.25, 0.3) is 0 Å². The summed E-state index contributed by atoms with van der Waals surface area (Å²) in [7, 11) is 1.67. The molecule has 0 N–H and O–H groups in total. The summed E-state index contributed by atoms with van der Waals surface area (Å²) in [5.74, 6) is 1.67. The summed E-state index contributed by atoms with van der Waals surface area (Å²) in [4.78, 5) is 11.4. The zero-order valence-electron chi connectivity index (χ0n) is 7.58. The maximum atomic E-state index is 11.4. The van der Waals surface area contributed by atoms with Crippen LogP contribution in [0.1, 0.15) is 32.1 Å². The number of ether oxygens (including phenoxy) is 1. The highest BCUT2D eigenvalue weighted by atomic mass is 16.5. The van der Waals surface area contributed by atoms with E-state index < -0.39 is 0 Å². The average molecular weight is 168 g/mol. The van der Waals surface area contributed by atoms with Gasteiger partial charge in [0.05, 0.1) is 0 Å². The zero-order chi connectivity index (χ0) is 8.55. The van der Waals surface area contributed by atoms with E-state index in [-0.39, 0.29) is 6.10 Å². The molecule has 0 aliphatic heterocycles. The minimum atomic E-state index is -0.0637. The highest BCUT2D eigenvalue weighted by Crippen LogP contribution is 2.41. The summed E-state index contributed by atoms with van der Waals surface area (Å²) >= 11 is 0. The number of hydrogen-bond donors (Lipinski definition) is 0. The minimum Gasteiger partial charge on any atom is -0.373 e. The van der Waals surface area contributed by atoms with E-state index in [1.807, 2.05) is 0 Å². The van der Waals surface area contributed by atoms with Gasteiger partial charge in [-0.2, -0.15) is 0 Å². The first-order chi connectivity index (χ1) is 5.83. The molecule has 2 rings (SSSR count). The van der Waals surface area contributed by atoms with Gasteiger partial charge in [-0.15, -0.1) is 0 Å². The molecule has 0 saturated heterocycles. The Morgan fingerprint density at radius 3 is 2.92 bits per heavy atom. The lowest BCUT2D eigenvalue weighted by Gasteiger charge is -2.31. The number of ketones is 1. The first-order valence-electron chi connectivity index (χ1n) is 4.88. The number of Topliss-reactive ketones (excluding diaryl/α,β-unsaturated/α-hetero) is 1. The van der Waals surface area contributed by atoms with E-state index in [0.717, 1.165) is 18.8 Å². The second-order valence-electron chi connectivity index (χ2n) is 4.02. The predicted octanol–water partition coefficient (Wildman–Crippen LogP) is 1.78. The van der Waals surface area contributed by atoms with Gasteiger partial charge >= 0.3 is 0 Å². The Morgan fingerprint density at radius 2 is 2.17 bits per heavy atom. The number of rotatable bonds is 1. The smallest absolute Gasteiger partial charge is 0.161 e. The Morgan fingerprint density at radius 1 is 1.33 bits per heavy atom. The fourth-order valence-electron chi connectivity index (χ4n) is 2.84. The second-order valence-corrected chi connectivity index (χ2v) is 4.02. The topological polar surface area (TPSA) is 26.3 Å². The highest BCUT2D eigenvalue weighted by Gasteiger charge is 2.40. The third-order valence-electron chi connectivity index (χ3n) is 3.44. The minimum absolute atomic E-state index is 0.0637. The standard InChI is InChI=1S/C10H16O2/c1-12-10-8-4-2-3-7(8)5-6-9(10)11/h7-8,10H,2-6H2,1H3/t7-,8-,10+/m1/s1. The molecule has 2 heteroatoms. The molecule has 2 saturated carbocycles. The molecule has 2 fully saturated rings. The third kappa shape index (κ3) is 1.18. The van der Waals surface area contributed by atoms with E-state index in [9.17, 15) is 4.79 Å². The molecule has 12 heavy (non-hydrogen) atoms. The van der Waals surface area contributed by atoms with Gasteiger partial charge in [0.1, 0.15) is 6.10 Å². The Hall–Kier alpha value is -0.370. The zero-order valence-corrected chi connectivity index (χ0v) is 7.58. The lowest BCUT2D eigenvalue weighted by molar-refractivity contribution is -0.136. The predicted molar refractivity (Wildman–Crippen MR) is 45.9 cm³/mol. The van der Waals surface area contributed by atoms with Crippen molar-refractivity contribution < 1.29 is 9.53 Å². The van der Waals surface area contributed by atoms with Gasteiger partial charge in [-0.3, -0.25) is 4.79 Å². The molecule has 0 spiro atoms. The molecule has 0 radical (unpaired) electrons. The van der Waals surface area contributed by atoms with Crippen LogP contribution in [0.4, 0.5) is 0 Å². The maximum absolute atomic E-state index is 11.4. The molecule has 0 aromatic carbocycles. The fourth-order valence-corrected chi connectivity index (χ4v) is 2.84. The molecular weight excluding hydrogens is 152 g/mol. The average Bonchev–Trinajstić information content (AvgIpc) is 2.52. The van der Waals surface area contributed by atoms with Crippen molar-refractivity contribution in [1.29, 1.82) is 0 Å². The van der Waals surface area contributed by atoms with E-state index in [1.165, 1.54) is 19.3 Å². The highest BCUT2D eigenvalue weighted by molar-refractivity contribution is 5.84. The van der Waals surface area contributed by atoms with Crippen LogP contribution in [0.3, 0.4) is 0 Å². The van der Waals surface area contributed by atoms with Gasteiger partial charge in [-0.25, -0.2) is 0 Å². The Balaban J connectivity index is 2.11. The molecule has 0 unspecified atom stereocenters. The quantitative estimate of drug-likeness (QED) is 0.596. The van der Waals surface area contributed by atoms with Crippen LogP contribution in [0.15, 0.2) is 0 Å². The summed E-state index contributed by atoms with van der Waals surface area (Å²) in [5, 5.41) is 0. The second kappa shape index (κ2) is 3.17. The number of fused-ring (bicyclic) bond motifs is 1. The van der Waals surface area contributed by atoms with E-state index in [4.69, 9.17) is 4.74 Å². The molecule has 0 amide bonds. The summed E-state index contributed by atoms with van der Waals surface area (Å²) in [5.41, 5.74) is 0. The normalized spacial score (nSPS) is 41.4. The molecule has 2 nitrogen and oxygen atoms in total. The van der Waals surface area contributed by atoms with Crippen molar-refractivity contribution in [2.45, 2.75) is 38.2 Å². The first-order valence-corrected chi connectivity index (χ1v) is 4.88. The molecular formula is C10H16O2. The summed E-state index contributed by atoms with van der Waals surface area (Å²) in [6.45, 7) is 0. The van der Waals surface area contributed by atoms with Crippen molar-refractivity contribution in [3.8, 4) is 0 Å². The van der Waals surface area contributed by atoms with Crippen molar-refractivity contribution in [3.63, 3.8) is 0 Å². The van der Waals surface area contributed by atoms with Crippen LogP contribution >= 0.6 is 0 Å². The van der Waals surface area contributed by atoms with Gasteiger partial charge in [0.15, 0.2) is 5.78 Å². The van der Waals surface area contributed by atoms with Crippen LogP contribution in [0.2, 0.25) is 0 Å².